The van der Waals surface area contributed by atoms with Gasteiger partial charge in [0, 0.05) is 18.8 Å². The van der Waals surface area contributed by atoms with Crippen LogP contribution in [0.2, 0.25) is 0 Å². The summed E-state index contributed by atoms with van der Waals surface area (Å²) in [6.45, 7) is 3.06. The molecule has 0 bridgehead atoms. The predicted octanol–water partition coefficient (Wildman–Crippen LogP) is 3.86. The van der Waals surface area contributed by atoms with Gasteiger partial charge in [0.2, 0.25) is 5.91 Å². The number of carbonyl (C=O) groups is 2. The van der Waals surface area contributed by atoms with Crippen molar-refractivity contribution in [2.75, 3.05) is 10.6 Å². The van der Waals surface area contributed by atoms with Crippen molar-refractivity contribution in [3.05, 3.63) is 59.0 Å². The normalized spacial score (nSPS) is 10.4. The standard InChI is InChI=1S/C18H15FN4O2S/c1-10-16(26-18(21-10)14-5-3-4-8-20-14)17(25)23-15-9-12(22-11(2)24)6-7-13(15)19/h3-9H,1-2H3,(H,22,24)(H,23,25). The van der Waals surface area contributed by atoms with Crippen LogP contribution >= 0.6 is 11.3 Å². The van der Waals surface area contributed by atoms with E-state index in [9.17, 15) is 14.0 Å². The lowest BCUT2D eigenvalue weighted by molar-refractivity contribution is -0.114. The monoisotopic (exact) mass is 370 g/mol. The van der Waals surface area contributed by atoms with Crippen LogP contribution in [0.5, 0.6) is 0 Å². The summed E-state index contributed by atoms with van der Waals surface area (Å²) in [5, 5.41) is 5.69. The minimum atomic E-state index is -0.598. The van der Waals surface area contributed by atoms with E-state index in [2.05, 4.69) is 20.6 Å². The first-order valence-corrected chi connectivity index (χ1v) is 8.53. The van der Waals surface area contributed by atoms with E-state index in [0.717, 1.165) is 0 Å². The number of amides is 2. The zero-order chi connectivity index (χ0) is 18.7. The number of anilines is 2. The first-order chi connectivity index (χ1) is 12.4. The van der Waals surface area contributed by atoms with Crippen LogP contribution in [0.4, 0.5) is 15.8 Å². The van der Waals surface area contributed by atoms with Crippen molar-refractivity contribution >= 4 is 34.5 Å². The number of hydrogen-bond acceptors (Lipinski definition) is 5. The van der Waals surface area contributed by atoms with Gasteiger partial charge in [-0.05, 0) is 37.3 Å². The topological polar surface area (TPSA) is 84.0 Å². The molecule has 0 fully saturated rings. The lowest BCUT2D eigenvalue weighted by Gasteiger charge is -2.08. The number of benzene rings is 1. The number of nitrogens with one attached hydrogen (secondary N) is 2. The van der Waals surface area contributed by atoms with Crippen LogP contribution in [-0.4, -0.2) is 21.8 Å². The molecule has 0 aliphatic carbocycles. The highest BCUT2D eigenvalue weighted by atomic mass is 32.1. The van der Waals surface area contributed by atoms with E-state index >= 15 is 0 Å². The Hall–Kier alpha value is -3.13. The Bertz CT molecular complexity index is 973. The van der Waals surface area contributed by atoms with Crippen molar-refractivity contribution in [2.45, 2.75) is 13.8 Å². The van der Waals surface area contributed by atoms with Gasteiger partial charge >= 0.3 is 0 Å². The molecule has 1 aromatic carbocycles. The Morgan fingerprint density at radius 2 is 1.96 bits per heavy atom. The number of hydrogen-bond donors (Lipinski definition) is 2. The summed E-state index contributed by atoms with van der Waals surface area (Å²) in [6.07, 6.45) is 1.65. The number of carbonyl (C=O) groups excluding carboxylic acids is 2. The van der Waals surface area contributed by atoms with Crippen molar-refractivity contribution in [3.63, 3.8) is 0 Å². The number of aryl methyl sites for hydroxylation is 1. The molecule has 2 amide bonds. The number of nitrogens with zero attached hydrogens (tertiary/aromatic N) is 2. The second-order valence-corrected chi connectivity index (χ2v) is 6.48. The summed E-state index contributed by atoms with van der Waals surface area (Å²) >= 11 is 1.18. The van der Waals surface area contributed by atoms with E-state index in [1.807, 2.05) is 6.07 Å². The number of aromatic nitrogens is 2. The Morgan fingerprint density at radius 1 is 1.15 bits per heavy atom. The second-order valence-electron chi connectivity index (χ2n) is 5.48. The van der Waals surface area contributed by atoms with Crippen molar-refractivity contribution in [1.82, 2.24) is 9.97 Å². The highest BCUT2D eigenvalue weighted by Gasteiger charge is 2.18. The van der Waals surface area contributed by atoms with Gasteiger partial charge in [-0.3, -0.25) is 14.6 Å². The first-order valence-electron chi connectivity index (χ1n) is 7.71. The molecule has 0 atom stereocenters. The molecule has 3 aromatic rings. The Kier molecular flexibility index (Phi) is 5.04. The van der Waals surface area contributed by atoms with Gasteiger partial charge in [0.05, 0.1) is 17.1 Å². The van der Waals surface area contributed by atoms with Gasteiger partial charge in [-0.1, -0.05) is 6.07 Å². The van der Waals surface area contributed by atoms with Gasteiger partial charge < -0.3 is 10.6 Å². The van der Waals surface area contributed by atoms with Crippen LogP contribution in [0.1, 0.15) is 22.3 Å². The van der Waals surface area contributed by atoms with Gasteiger partial charge in [-0.25, -0.2) is 9.37 Å². The van der Waals surface area contributed by atoms with Crippen LogP contribution in [0.3, 0.4) is 0 Å². The lowest BCUT2D eigenvalue weighted by atomic mass is 10.2. The lowest BCUT2D eigenvalue weighted by Crippen LogP contribution is -2.13. The third-order valence-corrected chi connectivity index (χ3v) is 4.60. The van der Waals surface area contributed by atoms with Crippen LogP contribution in [0.25, 0.3) is 10.7 Å². The largest absolute Gasteiger partial charge is 0.326 e. The Labute approximate surface area is 153 Å². The van der Waals surface area contributed by atoms with Gasteiger partial charge in [0.25, 0.3) is 5.91 Å². The van der Waals surface area contributed by atoms with Gasteiger partial charge in [-0.15, -0.1) is 11.3 Å². The molecule has 0 aliphatic heterocycles. The fourth-order valence-corrected chi connectivity index (χ4v) is 3.23. The summed E-state index contributed by atoms with van der Waals surface area (Å²) in [7, 11) is 0. The number of rotatable bonds is 4. The first kappa shape index (κ1) is 17.7. The van der Waals surface area contributed by atoms with E-state index in [1.54, 1.807) is 25.3 Å². The van der Waals surface area contributed by atoms with E-state index in [-0.39, 0.29) is 11.6 Å². The zero-order valence-electron chi connectivity index (χ0n) is 14.0. The molecule has 0 aliphatic rings. The summed E-state index contributed by atoms with van der Waals surface area (Å²) in [5.41, 5.74) is 1.57. The molecule has 0 saturated heterocycles. The molecular formula is C18H15FN4O2S. The van der Waals surface area contributed by atoms with E-state index in [0.29, 0.717) is 27.0 Å². The Morgan fingerprint density at radius 3 is 2.65 bits per heavy atom. The molecule has 6 nitrogen and oxygen atoms in total. The molecule has 8 heteroatoms. The van der Waals surface area contributed by atoms with Crippen LogP contribution < -0.4 is 10.6 Å². The van der Waals surface area contributed by atoms with Crippen molar-refractivity contribution in [1.29, 1.82) is 0 Å². The maximum absolute atomic E-state index is 14.0. The third-order valence-electron chi connectivity index (χ3n) is 3.42. The molecule has 2 aromatic heterocycles. The maximum atomic E-state index is 14.0. The SMILES string of the molecule is CC(=O)Nc1ccc(F)c(NC(=O)c2sc(-c3ccccn3)nc2C)c1. The average Bonchev–Trinajstić information content (AvgIpc) is 3.00. The van der Waals surface area contributed by atoms with Crippen LogP contribution in [0, 0.1) is 12.7 Å². The summed E-state index contributed by atoms with van der Waals surface area (Å²) in [6, 6.07) is 9.40. The van der Waals surface area contributed by atoms with Gasteiger partial charge in [0.1, 0.15) is 15.7 Å². The van der Waals surface area contributed by atoms with Gasteiger partial charge in [-0.2, -0.15) is 0 Å². The van der Waals surface area contributed by atoms with Crippen LogP contribution in [-0.2, 0) is 4.79 Å². The van der Waals surface area contributed by atoms with E-state index < -0.39 is 11.7 Å². The van der Waals surface area contributed by atoms with Crippen molar-refractivity contribution in [3.8, 4) is 10.7 Å². The number of halogens is 1. The molecule has 3 rings (SSSR count). The average molecular weight is 370 g/mol. The maximum Gasteiger partial charge on any atom is 0.267 e. The Balaban J connectivity index is 1.85. The minimum absolute atomic E-state index is 0.0200. The third kappa shape index (κ3) is 3.92. The molecule has 0 unspecified atom stereocenters. The number of pyridine rings is 1. The number of thiazole rings is 1. The quantitative estimate of drug-likeness (QED) is 0.730. The smallest absolute Gasteiger partial charge is 0.267 e. The summed E-state index contributed by atoms with van der Waals surface area (Å²) in [4.78, 5) is 32.6. The van der Waals surface area contributed by atoms with Crippen LogP contribution in [0.15, 0.2) is 42.6 Å². The highest BCUT2D eigenvalue weighted by molar-refractivity contribution is 7.17. The predicted molar refractivity (Wildman–Crippen MR) is 98.7 cm³/mol. The van der Waals surface area contributed by atoms with Crippen molar-refractivity contribution < 1.29 is 14.0 Å². The molecule has 0 radical (unpaired) electrons. The highest BCUT2D eigenvalue weighted by Crippen LogP contribution is 2.28. The fraction of sp³-hybridized carbons (Fsp3) is 0.111. The van der Waals surface area contributed by atoms with Crippen molar-refractivity contribution in [2.24, 2.45) is 0 Å². The molecule has 26 heavy (non-hydrogen) atoms. The van der Waals surface area contributed by atoms with E-state index in [4.69, 9.17) is 0 Å². The molecule has 0 spiro atoms. The molecule has 0 saturated carbocycles. The summed E-state index contributed by atoms with van der Waals surface area (Å²) in [5.74, 6) is -1.35. The molecular weight excluding hydrogens is 355 g/mol. The molecule has 2 N–H and O–H groups in total. The zero-order valence-corrected chi connectivity index (χ0v) is 14.9. The minimum Gasteiger partial charge on any atom is -0.326 e. The fourth-order valence-electron chi connectivity index (χ4n) is 2.29. The van der Waals surface area contributed by atoms with E-state index in [1.165, 1.54) is 36.5 Å². The second kappa shape index (κ2) is 7.40. The van der Waals surface area contributed by atoms with Gasteiger partial charge in [0.15, 0.2) is 0 Å². The molecule has 132 valence electrons. The molecule has 2 heterocycles. The summed E-state index contributed by atoms with van der Waals surface area (Å²) < 4.78 is 14.0.